The van der Waals surface area contributed by atoms with Crippen LogP contribution in [-0.4, -0.2) is 35.0 Å². The quantitative estimate of drug-likeness (QED) is 0.341. The van der Waals surface area contributed by atoms with Gasteiger partial charge in [0.1, 0.15) is 12.1 Å². The van der Waals surface area contributed by atoms with E-state index in [2.05, 4.69) is 24.5 Å². The first-order valence-corrected chi connectivity index (χ1v) is 12.7. The Hall–Kier alpha value is -3.93. The molecule has 194 valence electrons. The minimum atomic E-state index is -1.13. The van der Waals surface area contributed by atoms with Crippen molar-refractivity contribution >= 4 is 17.8 Å². The Labute approximate surface area is 219 Å². The second-order valence-corrected chi connectivity index (χ2v) is 9.90. The lowest BCUT2D eigenvalue weighted by atomic mass is 9.95. The van der Waals surface area contributed by atoms with Gasteiger partial charge in [-0.3, -0.25) is 9.59 Å². The van der Waals surface area contributed by atoms with Gasteiger partial charge in [-0.1, -0.05) is 98.8 Å². The molecule has 6 heteroatoms. The third-order valence-electron chi connectivity index (χ3n) is 6.33. The molecule has 3 aromatic rings. The van der Waals surface area contributed by atoms with E-state index in [9.17, 15) is 19.5 Å². The van der Waals surface area contributed by atoms with E-state index in [0.717, 1.165) is 23.1 Å². The van der Waals surface area contributed by atoms with Crippen LogP contribution in [-0.2, 0) is 33.6 Å². The average molecular weight is 501 g/mol. The van der Waals surface area contributed by atoms with Crippen LogP contribution in [0, 0.1) is 5.92 Å². The Morgan fingerprint density at radius 2 is 1.08 bits per heavy atom. The molecule has 0 aliphatic heterocycles. The molecule has 0 saturated carbocycles. The van der Waals surface area contributed by atoms with E-state index in [-0.39, 0.29) is 18.7 Å². The summed E-state index contributed by atoms with van der Waals surface area (Å²) in [7, 11) is 0. The Morgan fingerprint density at radius 3 is 1.57 bits per heavy atom. The van der Waals surface area contributed by atoms with Crippen molar-refractivity contribution in [3.05, 3.63) is 107 Å². The van der Waals surface area contributed by atoms with Gasteiger partial charge in [0.05, 0.1) is 5.92 Å². The number of rotatable bonds is 12. The molecular formula is C31H36N2O4. The lowest BCUT2D eigenvalue weighted by molar-refractivity contribution is -0.142. The molecule has 0 aliphatic rings. The fourth-order valence-electron chi connectivity index (χ4n) is 4.24. The van der Waals surface area contributed by atoms with Crippen LogP contribution in [0.25, 0.3) is 0 Å². The van der Waals surface area contributed by atoms with E-state index in [1.165, 1.54) is 5.56 Å². The van der Waals surface area contributed by atoms with E-state index >= 15 is 0 Å². The third-order valence-corrected chi connectivity index (χ3v) is 6.33. The summed E-state index contributed by atoms with van der Waals surface area (Å²) < 4.78 is 0. The highest BCUT2D eigenvalue weighted by Gasteiger charge is 2.28. The number of carbonyl (C=O) groups is 3. The van der Waals surface area contributed by atoms with E-state index in [1.54, 1.807) is 6.92 Å². The maximum atomic E-state index is 13.3. The van der Waals surface area contributed by atoms with Gasteiger partial charge in [0.2, 0.25) is 11.8 Å². The lowest BCUT2D eigenvalue weighted by Gasteiger charge is -2.23. The van der Waals surface area contributed by atoms with Crippen LogP contribution in [0.5, 0.6) is 0 Å². The molecular weight excluding hydrogens is 464 g/mol. The number of carbonyl (C=O) groups excluding carboxylic acids is 2. The van der Waals surface area contributed by atoms with Crippen molar-refractivity contribution in [3.63, 3.8) is 0 Å². The van der Waals surface area contributed by atoms with Crippen molar-refractivity contribution in [2.45, 2.75) is 58.0 Å². The molecule has 1 unspecified atom stereocenters. The van der Waals surface area contributed by atoms with Crippen molar-refractivity contribution in [2.24, 2.45) is 5.92 Å². The van der Waals surface area contributed by atoms with Crippen LogP contribution in [0.2, 0.25) is 0 Å². The number of nitrogens with one attached hydrogen (secondary N) is 2. The molecule has 0 aliphatic carbocycles. The standard InChI is InChI=1S/C31H36N2O4/c1-21(2)18-25-14-16-26(17-15-25)22(3)29(34)32-27(19-23-10-6-4-7-11-23)30(35)33-28(31(36)37)20-24-12-8-5-9-13-24/h4-17,21-22,27-28H,18-20H2,1-3H3,(H,32,34)(H,33,35)(H,36,37)/t22?,27-,28-/m0/s1. The van der Waals surface area contributed by atoms with Crippen LogP contribution < -0.4 is 10.6 Å². The zero-order chi connectivity index (χ0) is 26.8. The van der Waals surface area contributed by atoms with Crippen molar-refractivity contribution in [2.75, 3.05) is 0 Å². The van der Waals surface area contributed by atoms with Crippen LogP contribution in [0.15, 0.2) is 84.9 Å². The van der Waals surface area contributed by atoms with E-state index < -0.39 is 29.9 Å². The number of aliphatic carboxylic acids is 1. The molecule has 37 heavy (non-hydrogen) atoms. The molecule has 3 aromatic carbocycles. The first-order valence-electron chi connectivity index (χ1n) is 12.7. The fraction of sp³-hybridized carbons (Fsp3) is 0.323. The maximum absolute atomic E-state index is 13.3. The second kappa shape index (κ2) is 13.4. The summed E-state index contributed by atoms with van der Waals surface area (Å²) in [5, 5.41) is 15.3. The van der Waals surface area contributed by atoms with Crippen molar-refractivity contribution in [1.29, 1.82) is 0 Å². The summed E-state index contributed by atoms with van der Waals surface area (Å²) >= 11 is 0. The van der Waals surface area contributed by atoms with Crippen LogP contribution in [0.1, 0.15) is 48.9 Å². The van der Waals surface area contributed by atoms with Crippen molar-refractivity contribution in [3.8, 4) is 0 Å². The molecule has 0 radical (unpaired) electrons. The van der Waals surface area contributed by atoms with Gasteiger partial charge in [-0.25, -0.2) is 4.79 Å². The maximum Gasteiger partial charge on any atom is 0.326 e. The Bertz CT molecular complexity index is 1160. The zero-order valence-corrected chi connectivity index (χ0v) is 21.7. The second-order valence-electron chi connectivity index (χ2n) is 9.90. The minimum absolute atomic E-state index is 0.146. The first-order chi connectivity index (χ1) is 17.7. The van der Waals surface area contributed by atoms with Gasteiger partial charge in [-0.15, -0.1) is 0 Å². The molecule has 3 N–H and O–H groups in total. The van der Waals surface area contributed by atoms with Gasteiger partial charge in [-0.05, 0) is 41.5 Å². The van der Waals surface area contributed by atoms with Gasteiger partial charge in [0.15, 0.2) is 0 Å². The van der Waals surface area contributed by atoms with Crippen LogP contribution >= 0.6 is 0 Å². The number of hydrogen-bond acceptors (Lipinski definition) is 3. The van der Waals surface area contributed by atoms with Gasteiger partial charge < -0.3 is 15.7 Å². The monoisotopic (exact) mass is 500 g/mol. The van der Waals surface area contributed by atoms with E-state index in [4.69, 9.17) is 0 Å². The number of amides is 2. The normalized spacial score (nSPS) is 13.4. The predicted octanol–water partition coefficient (Wildman–Crippen LogP) is 4.53. The van der Waals surface area contributed by atoms with Crippen molar-refractivity contribution < 1.29 is 19.5 Å². The van der Waals surface area contributed by atoms with E-state index in [0.29, 0.717) is 5.92 Å². The molecule has 3 rings (SSSR count). The largest absolute Gasteiger partial charge is 0.480 e. The number of benzene rings is 3. The summed E-state index contributed by atoms with van der Waals surface area (Å²) in [5.74, 6) is -1.88. The molecule has 2 amide bonds. The highest BCUT2D eigenvalue weighted by molar-refractivity contribution is 5.92. The summed E-state index contributed by atoms with van der Waals surface area (Å²) in [6, 6.07) is 24.4. The molecule has 6 nitrogen and oxygen atoms in total. The lowest BCUT2D eigenvalue weighted by Crippen LogP contribution is -2.53. The Kier molecular flexibility index (Phi) is 10.0. The highest BCUT2D eigenvalue weighted by atomic mass is 16.4. The van der Waals surface area contributed by atoms with Gasteiger partial charge in [-0.2, -0.15) is 0 Å². The van der Waals surface area contributed by atoms with E-state index in [1.807, 2.05) is 84.9 Å². The molecule has 3 atom stereocenters. The molecule has 0 aromatic heterocycles. The zero-order valence-electron chi connectivity index (χ0n) is 21.7. The number of carboxylic acids is 1. The summed E-state index contributed by atoms with van der Waals surface area (Å²) in [6.45, 7) is 6.13. The van der Waals surface area contributed by atoms with Gasteiger partial charge in [0.25, 0.3) is 0 Å². The third kappa shape index (κ3) is 8.60. The molecule has 0 saturated heterocycles. The van der Waals surface area contributed by atoms with Crippen LogP contribution in [0.3, 0.4) is 0 Å². The number of carboxylic acid groups (broad SMARTS) is 1. The Morgan fingerprint density at radius 1 is 0.622 bits per heavy atom. The topological polar surface area (TPSA) is 95.5 Å². The average Bonchev–Trinajstić information content (AvgIpc) is 2.88. The fourth-order valence-corrected chi connectivity index (χ4v) is 4.24. The van der Waals surface area contributed by atoms with Crippen LogP contribution in [0.4, 0.5) is 0 Å². The van der Waals surface area contributed by atoms with Gasteiger partial charge >= 0.3 is 5.97 Å². The first kappa shape index (κ1) is 27.7. The predicted molar refractivity (Wildman–Crippen MR) is 145 cm³/mol. The summed E-state index contributed by atoms with van der Waals surface area (Å²) in [6.07, 6.45) is 1.36. The summed E-state index contributed by atoms with van der Waals surface area (Å²) in [4.78, 5) is 38.4. The molecule has 0 spiro atoms. The number of hydrogen-bond donors (Lipinski definition) is 3. The SMILES string of the molecule is CC(C)Cc1ccc(C(C)C(=O)N[C@@H](Cc2ccccc2)C(=O)N[C@@H](Cc2ccccc2)C(=O)O)cc1. The summed E-state index contributed by atoms with van der Waals surface area (Å²) in [5.41, 5.74) is 3.74. The van der Waals surface area contributed by atoms with Gasteiger partial charge in [0, 0.05) is 12.8 Å². The Balaban J connectivity index is 1.74. The highest BCUT2D eigenvalue weighted by Crippen LogP contribution is 2.18. The molecule has 0 fully saturated rings. The minimum Gasteiger partial charge on any atom is -0.480 e. The smallest absolute Gasteiger partial charge is 0.326 e. The molecule has 0 heterocycles. The molecule has 0 bridgehead atoms. The van der Waals surface area contributed by atoms with Crippen molar-refractivity contribution in [1.82, 2.24) is 10.6 Å².